The summed E-state index contributed by atoms with van der Waals surface area (Å²) in [6, 6.07) is 6.77. The molecule has 0 bridgehead atoms. The Morgan fingerprint density at radius 2 is 1.93 bits per heavy atom. The van der Waals surface area contributed by atoms with E-state index in [1.807, 2.05) is 6.92 Å². The molecule has 2 N–H and O–H groups in total. The molecular weight excluding hydrogens is 360 g/mol. The Balaban J connectivity index is 1.64. The molecule has 0 unspecified atom stereocenters. The molecule has 7 heteroatoms. The number of nitrogens with one attached hydrogen (secondary N) is 2. The van der Waals surface area contributed by atoms with Crippen molar-refractivity contribution in [3.05, 3.63) is 41.5 Å². The molecule has 152 valence electrons. The molecule has 0 atom stereocenters. The van der Waals surface area contributed by atoms with Gasteiger partial charge in [0.05, 0.1) is 12.2 Å². The van der Waals surface area contributed by atoms with Crippen molar-refractivity contribution in [2.24, 2.45) is 0 Å². The van der Waals surface area contributed by atoms with Gasteiger partial charge in [-0.2, -0.15) is 0 Å². The van der Waals surface area contributed by atoms with E-state index in [0.717, 1.165) is 19.3 Å². The van der Waals surface area contributed by atoms with Crippen LogP contribution in [0.4, 0.5) is 0 Å². The van der Waals surface area contributed by atoms with E-state index in [1.54, 1.807) is 24.3 Å². The van der Waals surface area contributed by atoms with Gasteiger partial charge >= 0.3 is 5.97 Å². The van der Waals surface area contributed by atoms with Crippen molar-refractivity contribution in [1.82, 2.24) is 10.6 Å². The van der Waals surface area contributed by atoms with E-state index in [4.69, 9.17) is 9.47 Å². The number of benzene rings is 1. The lowest BCUT2D eigenvalue weighted by atomic mass is 9.97. The molecule has 0 spiro atoms. The first kappa shape index (κ1) is 21.5. The van der Waals surface area contributed by atoms with Crippen molar-refractivity contribution in [3.8, 4) is 5.75 Å². The van der Waals surface area contributed by atoms with E-state index >= 15 is 0 Å². The lowest BCUT2D eigenvalue weighted by molar-refractivity contribution is -0.147. The summed E-state index contributed by atoms with van der Waals surface area (Å²) in [6.45, 7) is 2.11. The second kappa shape index (κ2) is 11.8. The molecule has 0 heterocycles. The van der Waals surface area contributed by atoms with Gasteiger partial charge in [-0.25, -0.2) is 0 Å². The van der Waals surface area contributed by atoms with Crippen LogP contribution in [0.25, 0.3) is 0 Å². The number of para-hydroxylation sites is 1. The molecule has 1 aliphatic rings. The maximum atomic E-state index is 12.2. The number of hydrogen-bond donors (Lipinski definition) is 2. The highest BCUT2D eigenvalue weighted by Gasteiger charge is 2.14. The molecular formula is C21H28N2O5. The van der Waals surface area contributed by atoms with Crippen molar-refractivity contribution >= 4 is 17.8 Å². The van der Waals surface area contributed by atoms with Crippen molar-refractivity contribution in [1.29, 1.82) is 0 Å². The quantitative estimate of drug-likeness (QED) is 0.474. The molecule has 0 aromatic heterocycles. The van der Waals surface area contributed by atoms with Crippen molar-refractivity contribution in [2.75, 3.05) is 26.3 Å². The zero-order chi connectivity index (χ0) is 20.2. The van der Waals surface area contributed by atoms with Gasteiger partial charge in [-0.3, -0.25) is 14.4 Å². The van der Waals surface area contributed by atoms with Gasteiger partial charge in [0.2, 0.25) is 0 Å². The topological polar surface area (TPSA) is 93.7 Å². The smallest absolute Gasteiger partial charge is 0.325 e. The van der Waals surface area contributed by atoms with Gasteiger partial charge in [0, 0.05) is 6.54 Å². The Hall–Kier alpha value is -2.83. The standard InChI is InChI=1S/C21H28N2O5/c1-2-27-18-11-7-6-10-17(18)21(26)23-14-20(25)28-15-19(24)22-13-12-16-8-4-3-5-9-16/h6-8,10-11H,2-5,9,12-15H2,1H3,(H,22,24)(H,23,26). The Kier molecular flexibility index (Phi) is 9.04. The average molecular weight is 388 g/mol. The normalized spacial score (nSPS) is 13.2. The number of amides is 2. The molecule has 28 heavy (non-hydrogen) atoms. The van der Waals surface area contributed by atoms with Crippen molar-refractivity contribution < 1.29 is 23.9 Å². The summed E-state index contributed by atoms with van der Waals surface area (Å²) in [5.41, 5.74) is 1.71. The number of ether oxygens (including phenoxy) is 2. The van der Waals surface area contributed by atoms with Crippen LogP contribution in [0.15, 0.2) is 35.9 Å². The van der Waals surface area contributed by atoms with Crippen LogP contribution in [0.2, 0.25) is 0 Å². The van der Waals surface area contributed by atoms with Gasteiger partial charge < -0.3 is 20.1 Å². The monoisotopic (exact) mass is 388 g/mol. The largest absolute Gasteiger partial charge is 0.493 e. The molecule has 7 nitrogen and oxygen atoms in total. The first-order valence-electron chi connectivity index (χ1n) is 9.70. The highest BCUT2D eigenvalue weighted by Crippen LogP contribution is 2.19. The first-order valence-corrected chi connectivity index (χ1v) is 9.70. The second-order valence-electron chi connectivity index (χ2n) is 6.48. The molecule has 1 aliphatic carbocycles. The zero-order valence-corrected chi connectivity index (χ0v) is 16.3. The van der Waals surface area contributed by atoms with E-state index in [1.165, 1.54) is 18.4 Å². The third kappa shape index (κ3) is 7.42. The van der Waals surface area contributed by atoms with Gasteiger partial charge in [0.1, 0.15) is 12.3 Å². The van der Waals surface area contributed by atoms with Crippen LogP contribution in [0, 0.1) is 0 Å². The van der Waals surface area contributed by atoms with Crippen LogP contribution in [0.5, 0.6) is 5.75 Å². The molecule has 0 fully saturated rings. The molecule has 1 aromatic rings. The second-order valence-corrected chi connectivity index (χ2v) is 6.48. The van der Waals surface area contributed by atoms with Gasteiger partial charge in [-0.15, -0.1) is 0 Å². The highest BCUT2D eigenvalue weighted by molar-refractivity contribution is 5.98. The number of allylic oxidation sites excluding steroid dienone is 1. The molecule has 2 rings (SSSR count). The number of carbonyl (C=O) groups excluding carboxylic acids is 3. The lowest BCUT2D eigenvalue weighted by Crippen LogP contribution is -2.34. The van der Waals surface area contributed by atoms with E-state index in [0.29, 0.717) is 24.5 Å². The van der Waals surface area contributed by atoms with Crippen LogP contribution in [0.3, 0.4) is 0 Å². The zero-order valence-electron chi connectivity index (χ0n) is 16.3. The molecule has 1 aromatic carbocycles. The van der Waals surface area contributed by atoms with Gasteiger partial charge in [-0.05, 0) is 51.2 Å². The highest BCUT2D eigenvalue weighted by atomic mass is 16.5. The van der Waals surface area contributed by atoms with Gasteiger partial charge in [0.25, 0.3) is 11.8 Å². The minimum atomic E-state index is -0.674. The molecule has 0 saturated carbocycles. The Morgan fingerprint density at radius 3 is 2.68 bits per heavy atom. The van der Waals surface area contributed by atoms with E-state index in [-0.39, 0.29) is 19.1 Å². The fourth-order valence-electron chi connectivity index (χ4n) is 2.93. The van der Waals surface area contributed by atoms with Crippen molar-refractivity contribution in [3.63, 3.8) is 0 Å². The van der Waals surface area contributed by atoms with Crippen LogP contribution in [0.1, 0.15) is 49.4 Å². The van der Waals surface area contributed by atoms with E-state index in [9.17, 15) is 14.4 Å². The fraction of sp³-hybridized carbons (Fsp3) is 0.476. The van der Waals surface area contributed by atoms with E-state index < -0.39 is 11.9 Å². The van der Waals surface area contributed by atoms with Crippen molar-refractivity contribution in [2.45, 2.75) is 39.0 Å². The minimum absolute atomic E-state index is 0.320. The molecule has 0 aliphatic heterocycles. The van der Waals surface area contributed by atoms with Gasteiger partial charge in [0.15, 0.2) is 6.61 Å². The van der Waals surface area contributed by atoms with Crippen LogP contribution in [-0.2, 0) is 14.3 Å². The number of rotatable bonds is 10. The summed E-state index contributed by atoms with van der Waals surface area (Å²) in [6.07, 6.45) is 7.72. The Bertz CT molecular complexity index is 715. The molecule has 2 amide bonds. The van der Waals surface area contributed by atoms with Crippen LogP contribution < -0.4 is 15.4 Å². The molecule has 0 radical (unpaired) electrons. The third-order valence-electron chi connectivity index (χ3n) is 4.34. The number of hydrogen-bond acceptors (Lipinski definition) is 5. The fourth-order valence-corrected chi connectivity index (χ4v) is 2.93. The maximum absolute atomic E-state index is 12.2. The number of carbonyl (C=O) groups is 3. The third-order valence-corrected chi connectivity index (χ3v) is 4.34. The summed E-state index contributed by atoms with van der Waals surface area (Å²) < 4.78 is 10.3. The minimum Gasteiger partial charge on any atom is -0.493 e. The summed E-state index contributed by atoms with van der Waals surface area (Å²) >= 11 is 0. The average Bonchev–Trinajstić information content (AvgIpc) is 2.72. The summed E-state index contributed by atoms with van der Waals surface area (Å²) in [5, 5.41) is 5.21. The predicted molar refractivity (Wildman–Crippen MR) is 105 cm³/mol. The molecule has 0 saturated heterocycles. The predicted octanol–water partition coefficient (Wildman–Crippen LogP) is 2.36. The van der Waals surface area contributed by atoms with Gasteiger partial charge in [-0.1, -0.05) is 23.8 Å². The SMILES string of the molecule is CCOc1ccccc1C(=O)NCC(=O)OCC(=O)NCCC1=CCCCC1. The van der Waals surface area contributed by atoms with Crippen LogP contribution >= 0.6 is 0 Å². The summed E-state index contributed by atoms with van der Waals surface area (Å²) in [4.78, 5) is 35.7. The lowest BCUT2D eigenvalue weighted by Gasteiger charge is -2.13. The maximum Gasteiger partial charge on any atom is 0.325 e. The summed E-state index contributed by atoms with van der Waals surface area (Å²) in [5.74, 6) is -1.01. The first-order chi connectivity index (χ1) is 13.6. The van der Waals surface area contributed by atoms with E-state index in [2.05, 4.69) is 16.7 Å². The Labute approximate surface area is 165 Å². The Morgan fingerprint density at radius 1 is 1.11 bits per heavy atom. The summed E-state index contributed by atoms with van der Waals surface area (Å²) in [7, 11) is 0. The van der Waals surface area contributed by atoms with Crippen LogP contribution in [-0.4, -0.2) is 44.1 Å². The number of esters is 1.